The second kappa shape index (κ2) is 11.9. The normalized spacial score (nSPS) is 19.6. The van der Waals surface area contributed by atoms with E-state index in [0.29, 0.717) is 29.6 Å². The Labute approximate surface area is 212 Å². The monoisotopic (exact) mass is 481 g/mol. The van der Waals surface area contributed by atoms with E-state index < -0.39 is 0 Å². The fourth-order valence-corrected chi connectivity index (χ4v) is 4.78. The number of benzene rings is 3. The highest BCUT2D eigenvalue weighted by molar-refractivity contribution is 5.97. The fraction of sp³-hybridized carbons (Fsp3) is 0.276. The molecule has 1 saturated carbocycles. The van der Waals surface area contributed by atoms with E-state index in [1.807, 2.05) is 72.9 Å². The number of carbonyl (C=O) groups excluding carboxylic acids is 1. The van der Waals surface area contributed by atoms with Gasteiger partial charge in [0.15, 0.2) is 0 Å². The van der Waals surface area contributed by atoms with Gasteiger partial charge in [-0.1, -0.05) is 60.7 Å². The van der Waals surface area contributed by atoms with E-state index >= 15 is 0 Å². The zero-order valence-electron chi connectivity index (χ0n) is 20.4. The van der Waals surface area contributed by atoms with Crippen LogP contribution in [0.15, 0.2) is 89.9 Å². The third-order valence-corrected chi connectivity index (χ3v) is 6.76. The minimum absolute atomic E-state index is 0.157. The van der Waals surface area contributed by atoms with Gasteiger partial charge in [-0.25, -0.2) is 0 Å². The van der Waals surface area contributed by atoms with Gasteiger partial charge >= 0.3 is 0 Å². The summed E-state index contributed by atoms with van der Waals surface area (Å²) in [5.41, 5.74) is 1.54. The third-order valence-electron chi connectivity index (χ3n) is 6.76. The molecule has 3 N–H and O–H groups in total. The van der Waals surface area contributed by atoms with Gasteiger partial charge in [-0.3, -0.25) is 4.79 Å². The Morgan fingerprint density at radius 1 is 1.00 bits per heavy atom. The first-order valence-corrected chi connectivity index (χ1v) is 12.2. The molecule has 0 aromatic heterocycles. The van der Waals surface area contributed by atoms with Crippen LogP contribution in [0, 0.1) is 11.5 Å². The van der Waals surface area contributed by atoms with Crippen molar-refractivity contribution < 1.29 is 9.53 Å². The summed E-state index contributed by atoms with van der Waals surface area (Å²) in [6.07, 6.45) is 5.39. The number of hydrogen-bond donors (Lipinski definition) is 3. The molecule has 3 aromatic carbocycles. The zero-order valence-corrected chi connectivity index (χ0v) is 20.4. The number of carbonyl (C=O) groups is 1. The summed E-state index contributed by atoms with van der Waals surface area (Å²) >= 11 is 0. The average Bonchev–Trinajstić information content (AvgIpc) is 2.93. The molecule has 4 rings (SSSR count). The van der Waals surface area contributed by atoms with Crippen molar-refractivity contribution in [2.45, 2.75) is 37.1 Å². The third kappa shape index (κ3) is 6.02. The van der Waals surface area contributed by atoms with Crippen LogP contribution in [-0.2, 0) is 5.41 Å². The molecule has 1 amide bonds. The van der Waals surface area contributed by atoms with Crippen LogP contribution in [0.1, 0.15) is 41.6 Å². The lowest BCUT2D eigenvalue weighted by atomic mass is 9.68. The Balaban J connectivity index is 1.48. The Kier molecular flexibility index (Phi) is 8.20. The van der Waals surface area contributed by atoms with E-state index in [1.165, 1.54) is 5.56 Å². The second-order valence-corrected chi connectivity index (χ2v) is 8.97. The van der Waals surface area contributed by atoms with Crippen LogP contribution in [0.3, 0.4) is 0 Å². The van der Waals surface area contributed by atoms with E-state index in [1.54, 1.807) is 13.1 Å². The van der Waals surface area contributed by atoms with Crippen LogP contribution in [0.2, 0.25) is 0 Å². The van der Waals surface area contributed by atoms with Gasteiger partial charge in [-0.15, -0.1) is 4.99 Å². The summed E-state index contributed by atoms with van der Waals surface area (Å²) in [6, 6.07) is 27.4. The molecule has 36 heavy (non-hydrogen) atoms. The van der Waals surface area contributed by atoms with E-state index in [4.69, 9.17) is 10.00 Å². The quantitative estimate of drug-likeness (QED) is 0.257. The van der Waals surface area contributed by atoms with Gasteiger partial charge < -0.3 is 20.7 Å². The van der Waals surface area contributed by atoms with Crippen molar-refractivity contribution in [2.24, 2.45) is 4.99 Å². The van der Waals surface area contributed by atoms with Gasteiger partial charge in [0.25, 0.3) is 5.91 Å². The smallest absolute Gasteiger partial charge is 0.255 e. The van der Waals surface area contributed by atoms with Crippen LogP contribution in [-0.4, -0.2) is 31.5 Å². The van der Waals surface area contributed by atoms with Crippen molar-refractivity contribution in [3.8, 4) is 17.7 Å². The van der Waals surface area contributed by atoms with Crippen LogP contribution in [0.25, 0.3) is 0 Å². The van der Waals surface area contributed by atoms with Crippen LogP contribution in [0.4, 0.5) is 0 Å². The van der Waals surface area contributed by atoms with Crippen LogP contribution >= 0.6 is 0 Å². The number of guanidine groups is 1. The summed E-state index contributed by atoms with van der Waals surface area (Å²) < 4.78 is 6.00. The summed E-state index contributed by atoms with van der Waals surface area (Å²) in [4.78, 5) is 17.1. The maximum atomic E-state index is 13.3. The molecule has 3 aromatic rings. The lowest BCUT2D eigenvalue weighted by molar-refractivity contribution is 0.0932. The molecule has 1 fully saturated rings. The summed E-state index contributed by atoms with van der Waals surface area (Å²) in [5.74, 6) is 1.54. The summed E-state index contributed by atoms with van der Waals surface area (Å²) in [5, 5.41) is 18.3. The first kappa shape index (κ1) is 24.8. The molecular formula is C29H31N5O2. The van der Waals surface area contributed by atoms with Gasteiger partial charge in [0, 0.05) is 25.0 Å². The molecule has 0 saturated heterocycles. The zero-order chi connectivity index (χ0) is 25.2. The molecule has 0 aliphatic heterocycles. The number of ether oxygens (including phenoxy) is 1. The van der Waals surface area contributed by atoms with Crippen LogP contribution < -0.4 is 20.7 Å². The van der Waals surface area contributed by atoms with E-state index in [0.717, 1.165) is 25.7 Å². The van der Waals surface area contributed by atoms with Gasteiger partial charge in [-0.05, 0) is 55.5 Å². The Morgan fingerprint density at radius 3 is 2.31 bits per heavy atom. The van der Waals surface area contributed by atoms with Crippen molar-refractivity contribution in [3.05, 3.63) is 96.1 Å². The minimum atomic E-state index is -0.184. The molecule has 0 heterocycles. The maximum Gasteiger partial charge on any atom is 0.255 e. The van der Waals surface area contributed by atoms with Gasteiger partial charge in [-0.2, -0.15) is 5.26 Å². The number of para-hydroxylation sites is 2. The van der Waals surface area contributed by atoms with Gasteiger partial charge in [0.05, 0.1) is 5.56 Å². The van der Waals surface area contributed by atoms with E-state index in [9.17, 15) is 4.79 Å². The number of nitrogens with one attached hydrogen (secondary N) is 3. The average molecular weight is 482 g/mol. The molecule has 184 valence electrons. The van der Waals surface area contributed by atoms with E-state index in [2.05, 4.69) is 33.1 Å². The Hall–Kier alpha value is -4.31. The SMILES string of the molecule is CN/C(=N\C#N)N[C@H]1CC[C@](CNC(=O)c2ccccc2Oc2ccccc2)(c2ccccc2)CC1. The number of nitriles is 1. The molecule has 0 spiro atoms. The van der Waals surface area contributed by atoms with Crippen molar-refractivity contribution in [1.82, 2.24) is 16.0 Å². The minimum Gasteiger partial charge on any atom is -0.457 e. The molecule has 0 unspecified atom stereocenters. The van der Waals surface area contributed by atoms with Crippen LogP contribution in [0.5, 0.6) is 11.5 Å². The standard InChI is InChI=1S/C29H31N5O2/c1-31-28(33-21-30)34-23-16-18-29(19-17-23,22-10-4-2-5-11-22)20-32-27(35)25-14-8-9-15-26(25)36-24-12-6-3-7-13-24/h2-15,23H,16-20H2,1H3,(H,32,35)(H2,31,33,34)/t23-,29-. The topological polar surface area (TPSA) is 98.5 Å². The highest BCUT2D eigenvalue weighted by atomic mass is 16.5. The Bertz CT molecular complexity index is 1210. The van der Waals surface area contributed by atoms with Gasteiger partial charge in [0.2, 0.25) is 12.2 Å². The van der Waals surface area contributed by atoms with Crippen molar-refractivity contribution >= 4 is 11.9 Å². The highest BCUT2D eigenvalue weighted by Gasteiger charge is 2.37. The molecule has 7 nitrogen and oxygen atoms in total. The van der Waals surface area contributed by atoms with Crippen molar-refractivity contribution in [2.75, 3.05) is 13.6 Å². The van der Waals surface area contributed by atoms with E-state index in [-0.39, 0.29) is 17.4 Å². The fourth-order valence-electron chi connectivity index (χ4n) is 4.78. The summed E-state index contributed by atoms with van der Waals surface area (Å²) in [6.45, 7) is 0.521. The molecular weight excluding hydrogens is 450 g/mol. The second-order valence-electron chi connectivity index (χ2n) is 8.97. The molecule has 1 aliphatic rings. The lowest BCUT2D eigenvalue weighted by Gasteiger charge is -2.41. The number of nitrogens with zero attached hydrogens (tertiary/aromatic N) is 2. The lowest BCUT2D eigenvalue weighted by Crippen LogP contribution is -2.49. The number of rotatable bonds is 7. The first-order valence-electron chi connectivity index (χ1n) is 12.2. The number of hydrogen-bond acceptors (Lipinski definition) is 4. The largest absolute Gasteiger partial charge is 0.457 e. The first-order chi connectivity index (χ1) is 17.6. The Morgan fingerprint density at radius 2 is 1.64 bits per heavy atom. The molecule has 0 radical (unpaired) electrons. The van der Waals surface area contributed by atoms with Gasteiger partial charge in [0.1, 0.15) is 11.5 Å². The molecule has 7 heteroatoms. The molecule has 0 bridgehead atoms. The number of amides is 1. The highest BCUT2D eigenvalue weighted by Crippen LogP contribution is 2.39. The predicted molar refractivity (Wildman–Crippen MR) is 141 cm³/mol. The predicted octanol–water partition coefficient (Wildman–Crippen LogP) is 4.74. The van der Waals surface area contributed by atoms with Crippen molar-refractivity contribution in [1.29, 1.82) is 5.26 Å². The molecule has 1 aliphatic carbocycles. The van der Waals surface area contributed by atoms with Crippen molar-refractivity contribution in [3.63, 3.8) is 0 Å². The maximum absolute atomic E-state index is 13.3. The molecule has 0 atom stereocenters. The summed E-state index contributed by atoms with van der Waals surface area (Å²) in [7, 11) is 1.75. The number of aliphatic imine (C=N–C) groups is 1.